The molecule has 3 atom stereocenters. The number of nitrogens with one attached hydrogen (secondary N) is 1. The summed E-state index contributed by atoms with van der Waals surface area (Å²) in [6.45, 7) is 0.227. The van der Waals surface area contributed by atoms with Crippen molar-refractivity contribution in [3.05, 3.63) is 35.9 Å². The molecule has 0 heterocycles. The fraction of sp³-hybridized carbons (Fsp3) is 0.500. The number of aliphatic hydroxyl groups is 2. The van der Waals surface area contributed by atoms with E-state index in [0.29, 0.717) is 19.3 Å². The van der Waals surface area contributed by atoms with Crippen molar-refractivity contribution in [3.8, 4) is 0 Å². The molecule has 2 rings (SSSR count). The molecule has 0 radical (unpaired) electrons. The molecule has 1 aliphatic rings. The summed E-state index contributed by atoms with van der Waals surface area (Å²) in [6, 6.07) is 9.30. The summed E-state index contributed by atoms with van der Waals surface area (Å²) in [5.41, 5.74) is 0.928. The molecule has 1 fully saturated rings. The molecule has 5 nitrogen and oxygen atoms in total. The van der Waals surface area contributed by atoms with Crippen LogP contribution in [0.1, 0.15) is 24.8 Å². The predicted molar refractivity (Wildman–Crippen MR) is 69.4 cm³/mol. The summed E-state index contributed by atoms with van der Waals surface area (Å²) in [7, 11) is 0. The van der Waals surface area contributed by atoms with Gasteiger partial charge >= 0.3 is 6.09 Å². The number of benzene rings is 1. The first-order valence-electron chi connectivity index (χ1n) is 6.48. The van der Waals surface area contributed by atoms with Crippen molar-refractivity contribution in [3.63, 3.8) is 0 Å². The Morgan fingerprint density at radius 1 is 1.21 bits per heavy atom. The average Bonchev–Trinajstić information content (AvgIpc) is 2.42. The highest BCUT2D eigenvalue weighted by atomic mass is 16.5. The van der Waals surface area contributed by atoms with E-state index in [2.05, 4.69) is 5.32 Å². The molecule has 1 saturated carbocycles. The van der Waals surface area contributed by atoms with E-state index in [9.17, 15) is 15.0 Å². The molecule has 1 aromatic carbocycles. The van der Waals surface area contributed by atoms with Crippen LogP contribution in [0, 0.1) is 0 Å². The Hall–Kier alpha value is -1.59. The second-order valence-corrected chi connectivity index (χ2v) is 4.85. The fourth-order valence-corrected chi connectivity index (χ4v) is 2.19. The van der Waals surface area contributed by atoms with Crippen LogP contribution >= 0.6 is 0 Å². The van der Waals surface area contributed by atoms with Crippen LogP contribution in [0.5, 0.6) is 0 Å². The molecule has 3 N–H and O–H groups in total. The van der Waals surface area contributed by atoms with E-state index in [4.69, 9.17) is 4.74 Å². The van der Waals surface area contributed by atoms with Crippen LogP contribution in [0.3, 0.4) is 0 Å². The van der Waals surface area contributed by atoms with E-state index in [1.165, 1.54) is 0 Å². The number of amides is 1. The summed E-state index contributed by atoms with van der Waals surface area (Å²) in [5.74, 6) is 0. The van der Waals surface area contributed by atoms with Gasteiger partial charge in [-0.15, -0.1) is 0 Å². The fourth-order valence-electron chi connectivity index (χ4n) is 2.19. The quantitative estimate of drug-likeness (QED) is 0.767. The Morgan fingerprint density at radius 2 is 1.95 bits per heavy atom. The Morgan fingerprint density at radius 3 is 2.63 bits per heavy atom. The largest absolute Gasteiger partial charge is 0.445 e. The van der Waals surface area contributed by atoms with Crippen molar-refractivity contribution in [2.75, 3.05) is 0 Å². The third-order valence-corrected chi connectivity index (χ3v) is 3.32. The highest BCUT2D eigenvalue weighted by Crippen LogP contribution is 2.19. The molecule has 19 heavy (non-hydrogen) atoms. The molecule has 0 saturated heterocycles. The van der Waals surface area contributed by atoms with Gasteiger partial charge in [-0.2, -0.15) is 0 Å². The minimum Gasteiger partial charge on any atom is -0.445 e. The van der Waals surface area contributed by atoms with Gasteiger partial charge < -0.3 is 20.3 Å². The number of hydrogen-bond donors (Lipinski definition) is 3. The number of aliphatic hydroxyl groups excluding tert-OH is 2. The highest BCUT2D eigenvalue weighted by molar-refractivity contribution is 5.67. The van der Waals surface area contributed by atoms with E-state index in [1.54, 1.807) is 0 Å². The molecule has 104 valence electrons. The van der Waals surface area contributed by atoms with Crippen LogP contribution in [0.2, 0.25) is 0 Å². The van der Waals surface area contributed by atoms with Crippen molar-refractivity contribution < 1.29 is 19.7 Å². The van der Waals surface area contributed by atoms with Crippen LogP contribution in [0.4, 0.5) is 4.79 Å². The molecule has 0 unspecified atom stereocenters. The third kappa shape index (κ3) is 4.22. The molecule has 1 aliphatic carbocycles. The van der Waals surface area contributed by atoms with Gasteiger partial charge in [-0.1, -0.05) is 30.3 Å². The Bertz CT molecular complexity index is 409. The molecule has 1 aromatic rings. The summed E-state index contributed by atoms with van der Waals surface area (Å²) < 4.78 is 5.10. The van der Waals surface area contributed by atoms with E-state index < -0.39 is 18.3 Å². The topological polar surface area (TPSA) is 78.8 Å². The minimum atomic E-state index is -0.770. The van der Waals surface area contributed by atoms with Crippen molar-refractivity contribution in [2.24, 2.45) is 0 Å². The maximum Gasteiger partial charge on any atom is 0.407 e. The first kappa shape index (κ1) is 13.8. The first-order valence-corrected chi connectivity index (χ1v) is 6.48. The van der Waals surface area contributed by atoms with Crippen molar-refractivity contribution in [2.45, 2.75) is 44.1 Å². The van der Waals surface area contributed by atoms with Gasteiger partial charge in [0.1, 0.15) is 6.61 Å². The average molecular weight is 265 g/mol. The SMILES string of the molecule is O=C(N[C@H]1CC[C@H](O)[C@@H](O)C1)OCc1ccccc1. The number of carbonyl (C=O) groups excluding carboxylic acids is 1. The Balaban J connectivity index is 1.73. The van der Waals surface area contributed by atoms with Crippen LogP contribution in [-0.2, 0) is 11.3 Å². The lowest BCUT2D eigenvalue weighted by Crippen LogP contribution is -2.44. The smallest absolute Gasteiger partial charge is 0.407 e. The number of rotatable bonds is 3. The van der Waals surface area contributed by atoms with Gasteiger partial charge in [0.2, 0.25) is 0 Å². The minimum absolute atomic E-state index is 0.137. The first-order chi connectivity index (χ1) is 9.15. The molecule has 5 heteroatoms. The summed E-state index contributed by atoms with van der Waals surface area (Å²) >= 11 is 0. The second-order valence-electron chi connectivity index (χ2n) is 4.85. The molecule has 1 amide bonds. The summed E-state index contributed by atoms with van der Waals surface area (Å²) in [4.78, 5) is 11.6. The number of ether oxygens (including phenoxy) is 1. The summed E-state index contributed by atoms with van der Waals surface area (Å²) in [6.07, 6.45) is -0.436. The van der Waals surface area contributed by atoms with Crippen LogP contribution < -0.4 is 5.32 Å². The van der Waals surface area contributed by atoms with Gasteiger partial charge in [-0.25, -0.2) is 4.79 Å². The van der Waals surface area contributed by atoms with E-state index in [1.807, 2.05) is 30.3 Å². The van der Waals surface area contributed by atoms with Crippen LogP contribution in [-0.4, -0.2) is 34.6 Å². The molecule has 0 aliphatic heterocycles. The Kier molecular flexibility index (Phi) is 4.76. The number of carbonyl (C=O) groups is 1. The lowest BCUT2D eigenvalue weighted by Gasteiger charge is -2.30. The molecule has 0 spiro atoms. The maximum atomic E-state index is 11.6. The van der Waals surface area contributed by atoms with E-state index >= 15 is 0 Å². The highest BCUT2D eigenvalue weighted by Gasteiger charge is 2.28. The molecular weight excluding hydrogens is 246 g/mol. The lowest BCUT2D eigenvalue weighted by atomic mass is 9.91. The van der Waals surface area contributed by atoms with Crippen LogP contribution in [0.25, 0.3) is 0 Å². The lowest BCUT2D eigenvalue weighted by molar-refractivity contribution is -0.0181. The van der Waals surface area contributed by atoms with Gasteiger partial charge in [-0.3, -0.25) is 0 Å². The molecule has 0 aromatic heterocycles. The number of hydrogen-bond acceptors (Lipinski definition) is 4. The van der Waals surface area contributed by atoms with E-state index in [0.717, 1.165) is 5.56 Å². The second kappa shape index (κ2) is 6.54. The van der Waals surface area contributed by atoms with Gasteiger partial charge in [0, 0.05) is 6.04 Å². The zero-order valence-corrected chi connectivity index (χ0v) is 10.7. The van der Waals surface area contributed by atoms with Gasteiger partial charge in [0.25, 0.3) is 0 Å². The van der Waals surface area contributed by atoms with E-state index in [-0.39, 0.29) is 12.6 Å². The van der Waals surface area contributed by atoms with Crippen molar-refractivity contribution in [1.82, 2.24) is 5.32 Å². The molecular formula is C14H19NO4. The molecule has 0 bridgehead atoms. The van der Waals surface area contributed by atoms with Gasteiger partial charge in [0.05, 0.1) is 12.2 Å². The van der Waals surface area contributed by atoms with Gasteiger partial charge in [-0.05, 0) is 24.8 Å². The van der Waals surface area contributed by atoms with Crippen molar-refractivity contribution >= 4 is 6.09 Å². The monoisotopic (exact) mass is 265 g/mol. The Labute approximate surface area is 112 Å². The number of alkyl carbamates (subject to hydrolysis) is 1. The zero-order valence-electron chi connectivity index (χ0n) is 10.7. The third-order valence-electron chi connectivity index (χ3n) is 3.32. The summed E-state index contributed by atoms with van der Waals surface area (Å²) in [5, 5.41) is 21.6. The van der Waals surface area contributed by atoms with Gasteiger partial charge in [0.15, 0.2) is 0 Å². The zero-order chi connectivity index (χ0) is 13.7. The normalized spacial score (nSPS) is 26.7. The van der Waals surface area contributed by atoms with Crippen molar-refractivity contribution in [1.29, 1.82) is 0 Å². The maximum absolute atomic E-state index is 11.6. The standard InChI is InChI=1S/C14H19NO4/c16-12-7-6-11(8-13(12)17)15-14(18)19-9-10-4-2-1-3-5-10/h1-5,11-13,16-17H,6-9H2,(H,15,18)/t11-,12-,13-/m0/s1. The predicted octanol–water partition coefficient (Wildman–Crippen LogP) is 1.19. The van der Waals surface area contributed by atoms with Crippen LogP contribution in [0.15, 0.2) is 30.3 Å².